The van der Waals surface area contributed by atoms with Crippen LogP contribution in [0.25, 0.3) is 0 Å². The monoisotopic (exact) mass is 333 g/mol. The van der Waals surface area contributed by atoms with Gasteiger partial charge in [-0.1, -0.05) is 31.2 Å². The molecule has 0 spiro atoms. The first-order valence-corrected chi connectivity index (χ1v) is 8.92. The molecule has 134 valence electrons. The molecule has 1 aromatic rings. The van der Waals surface area contributed by atoms with E-state index in [1.807, 2.05) is 38.1 Å². The Balaban J connectivity index is 1.95. The van der Waals surface area contributed by atoms with Gasteiger partial charge in [0.15, 0.2) is 0 Å². The van der Waals surface area contributed by atoms with Crippen molar-refractivity contribution in [3.8, 4) is 0 Å². The number of hydrogen-bond acceptors (Lipinski definition) is 4. The number of amides is 1. The lowest BCUT2D eigenvalue weighted by molar-refractivity contribution is -0.125. The molecule has 2 N–H and O–H groups in total. The van der Waals surface area contributed by atoms with E-state index >= 15 is 0 Å². The first-order valence-electron chi connectivity index (χ1n) is 8.92. The van der Waals surface area contributed by atoms with Crippen LogP contribution < -0.4 is 5.32 Å². The van der Waals surface area contributed by atoms with Crippen LogP contribution in [0.5, 0.6) is 0 Å². The van der Waals surface area contributed by atoms with Crippen molar-refractivity contribution in [2.45, 2.75) is 51.4 Å². The van der Waals surface area contributed by atoms with Gasteiger partial charge in [0.05, 0.1) is 12.1 Å². The average molecular weight is 333 g/mol. The van der Waals surface area contributed by atoms with Gasteiger partial charge in [-0.2, -0.15) is 0 Å². The summed E-state index contributed by atoms with van der Waals surface area (Å²) in [5, 5.41) is 12.7. The third-order valence-corrected chi connectivity index (χ3v) is 4.84. The second kappa shape index (κ2) is 9.16. The van der Waals surface area contributed by atoms with Gasteiger partial charge in [0.25, 0.3) is 0 Å². The van der Waals surface area contributed by atoms with E-state index in [0.29, 0.717) is 6.54 Å². The third-order valence-electron chi connectivity index (χ3n) is 4.84. The van der Waals surface area contributed by atoms with Crippen LogP contribution in [0.2, 0.25) is 0 Å². The van der Waals surface area contributed by atoms with Crippen LogP contribution in [-0.2, 0) is 17.9 Å². The van der Waals surface area contributed by atoms with Crippen LogP contribution in [0, 0.1) is 0 Å². The summed E-state index contributed by atoms with van der Waals surface area (Å²) in [6.45, 7) is 5.34. The van der Waals surface area contributed by atoms with Gasteiger partial charge in [-0.3, -0.25) is 14.6 Å². The summed E-state index contributed by atoms with van der Waals surface area (Å²) in [6, 6.07) is 8.21. The van der Waals surface area contributed by atoms with E-state index in [1.54, 1.807) is 0 Å². The predicted octanol–water partition coefficient (Wildman–Crippen LogP) is 1.60. The van der Waals surface area contributed by atoms with E-state index in [9.17, 15) is 9.90 Å². The molecule has 1 atom stereocenters. The molecule has 0 aliphatic carbocycles. The highest BCUT2D eigenvalue weighted by Crippen LogP contribution is 2.16. The predicted molar refractivity (Wildman–Crippen MR) is 96.6 cm³/mol. The molecular formula is C19H31N3O2. The quantitative estimate of drug-likeness (QED) is 0.796. The van der Waals surface area contributed by atoms with Gasteiger partial charge < -0.3 is 10.4 Å². The van der Waals surface area contributed by atoms with Crippen molar-refractivity contribution in [3.63, 3.8) is 0 Å². The standard InChI is InChI=1S/C19H31N3O2/c1-4-18(21(2)3)19(24)20-13-15-7-5-6-8-16(15)14-22-11-9-17(23)10-12-22/h5-8,17-18,23H,4,9-14H2,1-3H3,(H,20,24). The Labute approximate surface area is 145 Å². The smallest absolute Gasteiger partial charge is 0.237 e. The third kappa shape index (κ3) is 5.30. The molecule has 0 radical (unpaired) electrons. The van der Waals surface area contributed by atoms with E-state index in [4.69, 9.17) is 0 Å². The molecule has 1 unspecified atom stereocenters. The Kier molecular flexibility index (Phi) is 7.21. The van der Waals surface area contributed by atoms with E-state index in [0.717, 1.165) is 38.9 Å². The molecule has 1 heterocycles. The topological polar surface area (TPSA) is 55.8 Å². The molecule has 5 heteroatoms. The molecule has 0 aromatic heterocycles. The van der Waals surface area contributed by atoms with Crippen molar-refractivity contribution in [2.75, 3.05) is 27.2 Å². The number of piperidine rings is 1. The van der Waals surface area contributed by atoms with Crippen LogP contribution >= 0.6 is 0 Å². The molecule has 1 saturated heterocycles. The van der Waals surface area contributed by atoms with Crippen LogP contribution in [0.1, 0.15) is 37.3 Å². The van der Waals surface area contributed by atoms with Crippen molar-refractivity contribution in [1.29, 1.82) is 0 Å². The number of likely N-dealkylation sites (N-methyl/N-ethyl adjacent to an activating group) is 1. The van der Waals surface area contributed by atoms with Crippen LogP contribution in [0.15, 0.2) is 24.3 Å². The summed E-state index contributed by atoms with van der Waals surface area (Å²) in [5.74, 6) is 0.0818. The number of nitrogens with one attached hydrogen (secondary N) is 1. The second-order valence-electron chi connectivity index (χ2n) is 6.88. The summed E-state index contributed by atoms with van der Waals surface area (Å²) in [5.41, 5.74) is 2.43. The van der Waals surface area contributed by atoms with E-state index in [2.05, 4.69) is 22.3 Å². The summed E-state index contributed by atoms with van der Waals surface area (Å²) in [4.78, 5) is 16.7. The summed E-state index contributed by atoms with van der Waals surface area (Å²) in [6.07, 6.45) is 2.35. The number of rotatable bonds is 7. The lowest BCUT2D eigenvalue weighted by Gasteiger charge is -2.30. The fourth-order valence-corrected chi connectivity index (χ4v) is 3.29. The average Bonchev–Trinajstić information content (AvgIpc) is 2.56. The minimum Gasteiger partial charge on any atom is -0.393 e. The fraction of sp³-hybridized carbons (Fsp3) is 0.632. The maximum absolute atomic E-state index is 12.3. The Bertz CT molecular complexity index is 525. The number of carbonyl (C=O) groups excluding carboxylic acids is 1. The van der Waals surface area contributed by atoms with Gasteiger partial charge in [-0.15, -0.1) is 0 Å². The molecule has 1 aromatic carbocycles. The van der Waals surface area contributed by atoms with Gasteiger partial charge in [-0.25, -0.2) is 0 Å². The zero-order chi connectivity index (χ0) is 17.5. The Hall–Kier alpha value is -1.43. The minimum atomic E-state index is -0.146. The largest absolute Gasteiger partial charge is 0.393 e. The highest BCUT2D eigenvalue weighted by molar-refractivity contribution is 5.81. The molecule has 2 rings (SSSR count). The first kappa shape index (κ1) is 18.9. The lowest BCUT2D eigenvalue weighted by Crippen LogP contribution is -2.43. The second-order valence-corrected chi connectivity index (χ2v) is 6.88. The van der Waals surface area contributed by atoms with E-state index in [1.165, 1.54) is 11.1 Å². The van der Waals surface area contributed by atoms with Gasteiger partial charge in [0.1, 0.15) is 0 Å². The fourth-order valence-electron chi connectivity index (χ4n) is 3.29. The van der Waals surface area contributed by atoms with E-state index < -0.39 is 0 Å². The Morgan fingerprint density at radius 1 is 1.29 bits per heavy atom. The zero-order valence-corrected chi connectivity index (χ0v) is 15.2. The Morgan fingerprint density at radius 3 is 2.50 bits per heavy atom. The lowest BCUT2D eigenvalue weighted by atomic mass is 10.0. The molecule has 1 aliphatic heterocycles. The van der Waals surface area contributed by atoms with Gasteiger partial charge in [0.2, 0.25) is 5.91 Å². The molecule has 1 fully saturated rings. The number of hydrogen-bond donors (Lipinski definition) is 2. The number of aliphatic hydroxyl groups excluding tert-OH is 1. The molecule has 24 heavy (non-hydrogen) atoms. The zero-order valence-electron chi connectivity index (χ0n) is 15.2. The van der Waals surface area contributed by atoms with Gasteiger partial charge in [-0.05, 0) is 44.5 Å². The summed E-state index contributed by atoms with van der Waals surface area (Å²) >= 11 is 0. The molecule has 1 amide bonds. The number of benzene rings is 1. The molecule has 0 bridgehead atoms. The van der Waals surface area contributed by atoms with Crippen LogP contribution in [-0.4, -0.2) is 60.1 Å². The highest BCUT2D eigenvalue weighted by atomic mass is 16.3. The maximum atomic E-state index is 12.3. The number of carbonyl (C=O) groups is 1. The number of aliphatic hydroxyl groups is 1. The van der Waals surface area contributed by atoms with E-state index in [-0.39, 0.29) is 18.1 Å². The maximum Gasteiger partial charge on any atom is 0.237 e. The Morgan fingerprint density at radius 2 is 1.92 bits per heavy atom. The number of nitrogens with zero attached hydrogens (tertiary/aromatic N) is 2. The first-order chi connectivity index (χ1) is 11.5. The normalized spacial score (nSPS) is 17.9. The summed E-state index contributed by atoms with van der Waals surface area (Å²) < 4.78 is 0. The molecule has 0 saturated carbocycles. The highest BCUT2D eigenvalue weighted by Gasteiger charge is 2.20. The molecular weight excluding hydrogens is 302 g/mol. The molecule has 5 nitrogen and oxygen atoms in total. The minimum absolute atomic E-state index is 0.0818. The van der Waals surface area contributed by atoms with Crippen LogP contribution in [0.3, 0.4) is 0 Å². The summed E-state index contributed by atoms with van der Waals surface area (Å²) in [7, 11) is 3.87. The van der Waals surface area contributed by atoms with Crippen molar-refractivity contribution in [1.82, 2.24) is 15.1 Å². The number of likely N-dealkylation sites (tertiary alicyclic amines) is 1. The van der Waals surface area contributed by atoms with Gasteiger partial charge in [0, 0.05) is 26.2 Å². The van der Waals surface area contributed by atoms with Crippen LogP contribution in [0.4, 0.5) is 0 Å². The van der Waals surface area contributed by atoms with Crippen molar-refractivity contribution in [3.05, 3.63) is 35.4 Å². The molecule has 1 aliphatic rings. The van der Waals surface area contributed by atoms with Gasteiger partial charge >= 0.3 is 0 Å². The SMILES string of the molecule is CCC(C(=O)NCc1ccccc1CN1CCC(O)CC1)N(C)C. The van der Waals surface area contributed by atoms with Crippen molar-refractivity contribution < 1.29 is 9.90 Å². The van der Waals surface area contributed by atoms with Crippen molar-refractivity contribution in [2.24, 2.45) is 0 Å². The van der Waals surface area contributed by atoms with Crippen molar-refractivity contribution >= 4 is 5.91 Å².